The first-order valence-corrected chi connectivity index (χ1v) is 5.07. The smallest absolute Gasteiger partial charge is 0.305 e. The van der Waals surface area contributed by atoms with Crippen LogP contribution < -0.4 is 11.1 Å². The number of rotatable bonds is 5. The first-order valence-electron chi connectivity index (χ1n) is 5.07. The summed E-state index contributed by atoms with van der Waals surface area (Å²) in [5, 5.41) is 4.41. The van der Waals surface area contributed by atoms with Gasteiger partial charge in [0.2, 0.25) is 5.91 Å². The second-order valence-electron chi connectivity index (χ2n) is 3.50. The lowest BCUT2D eigenvalue weighted by atomic mass is 10.1. The second-order valence-corrected chi connectivity index (χ2v) is 3.50. The highest BCUT2D eigenvalue weighted by molar-refractivity contribution is 5.87. The molecule has 0 saturated heterocycles. The maximum atomic E-state index is 11.4. The zero-order valence-electron chi connectivity index (χ0n) is 9.13. The van der Waals surface area contributed by atoms with Crippen LogP contribution in [-0.4, -0.2) is 24.4 Å². The molecule has 3 N–H and O–H groups in total. The standard InChI is InChI=1S/C11H13N3O3/c12-9(6-8-4-2-1-3-5-8)11(16)13-7-10(15)14-17/h1-5,9H,6-7,12H2,(H,13,16). The van der Waals surface area contributed by atoms with Crippen LogP contribution in [-0.2, 0) is 16.0 Å². The molecule has 6 heteroatoms. The Morgan fingerprint density at radius 2 is 1.94 bits per heavy atom. The monoisotopic (exact) mass is 235 g/mol. The Bertz CT molecular complexity index is 406. The summed E-state index contributed by atoms with van der Waals surface area (Å²) in [6.45, 7) is -0.412. The van der Waals surface area contributed by atoms with Crippen LogP contribution in [0.15, 0.2) is 35.5 Å². The predicted molar refractivity (Wildman–Crippen MR) is 61.9 cm³/mol. The normalized spacial score (nSPS) is 11.6. The highest BCUT2D eigenvalue weighted by Gasteiger charge is 2.14. The Morgan fingerprint density at radius 3 is 2.53 bits per heavy atom. The van der Waals surface area contributed by atoms with E-state index in [1.54, 1.807) is 0 Å². The number of nitrogens with one attached hydrogen (secondary N) is 1. The molecule has 1 unspecified atom stereocenters. The number of hydrogen-bond acceptors (Lipinski definition) is 4. The molecule has 1 atom stereocenters. The lowest BCUT2D eigenvalue weighted by Crippen LogP contribution is -2.43. The third kappa shape index (κ3) is 4.52. The number of carbonyl (C=O) groups excluding carboxylic acids is 2. The van der Waals surface area contributed by atoms with Crippen molar-refractivity contribution in [1.82, 2.24) is 5.32 Å². The van der Waals surface area contributed by atoms with Gasteiger partial charge in [-0.05, 0) is 12.0 Å². The van der Waals surface area contributed by atoms with Crippen LogP contribution in [0, 0.1) is 4.91 Å². The number of hydrogen-bond donors (Lipinski definition) is 2. The first-order chi connectivity index (χ1) is 8.13. The Morgan fingerprint density at radius 1 is 1.29 bits per heavy atom. The van der Waals surface area contributed by atoms with E-state index in [0.717, 1.165) is 5.56 Å². The minimum absolute atomic E-state index is 0.370. The molecule has 0 fully saturated rings. The van der Waals surface area contributed by atoms with Gasteiger partial charge in [0.15, 0.2) is 0 Å². The Hall–Kier alpha value is -2.08. The molecule has 0 aliphatic carbocycles. The van der Waals surface area contributed by atoms with Gasteiger partial charge in [-0.25, -0.2) is 0 Å². The molecule has 17 heavy (non-hydrogen) atoms. The SMILES string of the molecule is NC(Cc1ccccc1)C(=O)NCC(=O)N=O. The van der Waals surface area contributed by atoms with Crippen LogP contribution in [0.4, 0.5) is 0 Å². The highest BCUT2D eigenvalue weighted by atomic mass is 16.3. The van der Waals surface area contributed by atoms with Gasteiger partial charge in [0, 0.05) is 5.18 Å². The molecule has 0 spiro atoms. The maximum Gasteiger partial charge on any atom is 0.305 e. The van der Waals surface area contributed by atoms with Gasteiger partial charge in [0.05, 0.1) is 6.04 Å². The molecule has 0 aliphatic rings. The number of nitrogens with zero attached hydrogens (tertiary/aromatic N) is 1. The molecular formula is C11H13N3O3. The van der Waals surface area contributed by atoms with E-state index < -0.39 is 24.4 Å². The minimum atomic E-state index is -0.926. The third-order valence-electron chi connectivity index (χ3n) is 2.15. The van der Waals surface area contributed by atoms with Gasteiger partial charge in [0.1, 0.15) is 6.54 Å². The summed E-state index contributed by atoms with van der Waals surface area (Å²) in [6.07, 6.45) is 0.370. The number of carbonyl (C=O) groups is 2. The van der Waals surface area contributed by atoms with E-state index >= 15 is 0 Å². The number of amides is 2. The molecule has 0 radical (unpaired) electrons. The van der Waals surface area contributed by atoms with Crippen molar-refractivity contribution in [2.24, 2.45) is 10.9 Å². The molecule has 1 aromatic rings. The Balaban J connectivity index is 2.42. The van der Waals surface area contributed by atoms with Gasteiger partial charge in [-0.2, -0.15) is 0 Å². The van der Waals surface area contributed by atoms with E-state index in [-0.39, 0.29) is 0 Å². The summed E-state index contributed by atoms with van der Waals surface area (Å²) in [5.74, 6) is -1.41. The molecule has 1 aromatic carbocycles. The van der Waals surface area contributed by atoms with E-state index in [1.807, 2.05) is 30.3 Å². The topological polar surface area (TPSA) is 102 Å². The fourth-order valence-corrected chi connectivity index (χ4v) is 1.29. The summed E-state index contributed by atoms with van der Waals surface area (Å²) < 4.78 is 0. The number of nitrogens with two attached hydrogens (primary N) is 1. The van der Waals surface area contributed by atoms with Gasteiger partial charge in [-0.3, -0.25) is 9.59 Å². The quantitative estimate of drug-likeness (QED) is 0.699. The molecule has 0 aromatic heterocycles. The molecule has 0 bridgehead atoms. The Kier molecular flexibility index (Phi) is 4.96. The average molecular weight is 235 g/mol. The number of benzene rings is 1. The van der Waals surface area contributed by atoms with Crippen molar-refractivity contribution in [3.8, 4) is 0 Å². The fourth-order valence-electron chi connectivity index (χ4n) is 1.29. The van der Waals surface area contributed by atoms with Gasteiger partial charge >= 0.3 is 5.91 Å². The summed E-state index contributed by atoms with van der Waals surface area (Å²) in [7, 11) is 0. The zero-order valence-corrected chi connectivity index (χ0v) is 9.13. The lowest BCUT2D eigenvalue weighted by molar-refractivity contribution is -0.125. The van der Waals surface area contributed by atoms with Crippen molar-refractivity contribution in [2.45, 2.75) is 12.5 Å². The van der Waals surface area contributed by atoms with E-state index in [0.29, 0.717) is 6.42 Å². The molecule has 90 valence electrons. The van der Waals surface area contributed by atoms with E-state index in [9.17, 15) is 14.5 Å². The summed E-state index contributed by atoms with van der Waals surface area (Å²) in [6, 6.07) is 8.51. The zero-order chi connectivity index (χ0) is 12.7. The molecule has 0 saturated carbocycles. The van der Waals surface area contributed by atoms with Crippen LogP contribution in [0.3, 0.4) is 0 Å². The van der Waals surface area contributed by atoms with Crippen molar-refractivity contribution in [3.05, 3.63) is 40.8 Å². The van der Waals surface area contributed by atoms with Crippen molar-refractivity contribution < 1.29 is 9.59 Å². The molecule has 1 rings (SSSR count). The van der Waals surface area contributed by atoms with Gasteiger partial charge in [0.25, 0.3) is 0 Å². The van der Waals surface area contributed by atoms with Crippen LogP contribution >= 0.6 is 0 Å². The predicted octanol–water partition coefficient (Wildman–Crippen LogP) is -0.0344. The van der Waals surface area contributed by atoms with Gasteiger partial charge in [-0.15, -0.1) is 4.91 Å². The Labute approximate surface area is 98.2 Å². The van der Waals surface area contributed by atoms with Gasteiger partial charge in [-0.1, -0.05) is 30.3 Å². The summed E-state index contributed by atoms with van der Waals surface area (Å²) in [4.78, 5) is 31.8. The van der Waals surface area contributed by atoms with E-state index in [1.165, 1.54) is 0 Å². The van der Waals surface area contributed by atoms with Crippen LogP contribution in [0.25, 0.3) is 0 Å². The average Bonchev–Trinajstić information content (AvgIpc) is 2.36. The van der Waals surface area contributed by atoms with Crippen LogP contribution in [0.2, 0.25) is 0 Å². The highest BCUT2D eigenvalue weighted by Crippen LogP contribution is 2.01. The summed E-state index contributed by atoms with van der Waals surface area (Å²) >= 11 is 0. The second kappa shape index (κ2) is 6.49. The summed E-state index contributed by atoms with van der Waals surface area (Å²) in [5.41, 5.74) is 6.57. The fraction of sp³-hybridized carbons (Fsp3) is 0.273. The largest absolute Gasteiger partial charge is 0.345 e. The third-order valence-corrected chi connectivity index (χ3v) is 2.15. The molecule has 2 amide bonds. The molecular weight excluding hydrogens is 222 g/mol. The van der Waals surface area contributed by atoms with Crippen molar-refractivity contribution in [3.63, 3.8) is 0 Å². The van der Waals surface area contributed by atoms with Crippen molar-refractivity contribution >= 4 is 11.8 Å². The van der Waals surface area contributed by atoms with Gasteiger partial charge < -0.3 is 11.1 Å². The minimum Gasteiger partial charge on any atom is -0.345 e. The van der Waals surface area contributed by atoms with Crippen molar-refractivity contribution in [1.29, 1.82) is 0 Å². The number of nitroso groups, excluding NO2 is 1. The first kappa shape index (κ1) is 13.0. The van der Waals surface area contributed by atoms with Crippen LogP contribution in [0.5, 0.6) is 0 Å². The molecule has 0 heterocycles. The molecule has 0 aliphatic heterocycles. The lowest BCUT2D eigenvalue weighted by Gasteiger charge is -2.10. The van der Waals surface area contributed by atoms with Crippen molar-refractivity contribution in [2.75, 3.05) is 6.54 Å². The maximum absolute atomic E-state index is 11.4. The molecule has 6 nitrogen and oxygen atoms in total. The van der Waals surface area contributed by atoms with Crippen LogP contribution in [0.1, 0.15) is 5.56 Å². The van der Waals surface area contributed by atoms with E-state index in [4.69, 9.17) is 5.73 Å². The van der Waals surface area contributed by atoms with E-state index in [2.05, 4.69) is 10.5 Å².